The number of aryl methyl sites for hydroxylation is 1. The first-order valence-corrected chi connectivity index (χ1v) is 6.80. The number of nitrogens with zero attached hydrogens (tertiary/aromatic N) is 1. The van der Waals surface area contributed by atoms with Crippen LogP contribution >= 0.6 is 0 Å². The van der Waals surface area contributed by atoms with Crippen LogP contribution in [0.4, 0.5) is 5.69 Å². The second-order valence-electron chi connectivity index (χ2n) is 5.38. The van der Waals surface area contributed by atoms with E-state index in [1.165, 1.54) is 4.90 Å². The van der Waals surface area contributed by atoms with Crippen molar-refractivity contribution in [2.75, 3.05) is 5.73 Å². The summed E-state index contributed by atoms with van der Waals surface area (Å²) in [6.45, 7) is 4.05. The highest BCUT2D eigenvalue weighted by atomic mass is 16.2. The number of nitrogen functional groups attached to an aromatic ring is 1. The number of imide groups is 1. The molecule has 3 rings (SSSR count). The summed E-state index contributed by atoms with van der Waals surface area (Å²) in [6.07, 6.45) is 0. The zero-order valence-electron chi connectivity index (χ0n) is 12.0. The lowest BCUT2D eigenvalue weighted by molar-refractivity contribution is 0.0642. The Morgan fingerprint density at radius 3 is 2.48 bits per heavy atom. The monoisotopic (exact) mass is 280 g/mol. The fourth-order valence-corrected chi connectivity index (χ4v) is 2.59. The smallest absolute Gasteiger partial charge is 0.261 e. The van der Waals surface area contributed by atoms with Gasteiger partial charge in [-0.25, -0.2) is 0 Å². The van der Waals surface area contributed by atoms with Gasteiger partial charge < -0.3 is 5.73 Å². The Morgan fingerprint density at radius 2 is 1.71 bits per heavy atom. The average Bonchev–Trinajstić information content (AvgIpc) is 2.68. The quantitative estimate of drug-likeness (QED) is 0.679. The Labute approximate surface area is 123 Å². The van der Waals surface area contributed by atoms with Crippen molar-refractivity contribution in [3.63, 3.8) is 0 Å². The number of hydrogen-bond donors (Lipinski definition) is 1. The van der Waals surface area contributed by atoms with E-state index in [4.69, 9.17) is 5.73 Å². The fraction of sp³-hybridized carbons (Fsp3) is 0.176. The van der Waals surface area contributed by atoms with Gasteiger partial charge in [0.05, 0.1) is 17.7 Å². The van der Waals surface area contributed by atoms with E-state index in [0.29, 0.717) is 16.8 Å². The second-order valence-corrected chi connectivity index (χ2v) is 5.38. The second kappa shape index (κ2) is 4.74. The number of nitrogens with two attached hydrogens (primary N) is 1. The van der Waals surface area contributed by atoms with Crippen LogP contribution in [0.3, 0.4) is 0 Å². The summed E-state index contributed by atoms with van der Waals surface area (Å²) < 4.78 is 0. The SMILES string of the molecule is Cc1ccc2c(c1)C(=O)N(Cc1cccc(N)c1C)C2=O. The van der Waals surface area contributed by atoms with E-state index in [-0.39, 0.29) is 18.4 Å². The number of hydrogen-bond acceptors (Lipinski definition) is 3. The van der Waals surface area contributed by atoms with Gasteiger partial charge in [-0.1, -0.05) is 23.8 Å². The molecule has 0 unspecified atom stereocenters. The van der Waals surface area contributed by atoms with E-state index in [1.807, 2.05) is 38.1 Å². The number of anilines is 1. The zero-order chi connectivity index (χ0) is 15.1. The molecule has 2 amide bonds. The van der Waals surface area contributed by atoms with Gasteiger partial charge in [0.25, 0.3) is 11.8 Å². The molecule has 1 aliphatic heterocycles. The third-order valence-electron chi connectivity index (χ3n) is 3.94. The van der Waals surface area contributed by atoms with Crippen LogP contribution in [-0.2, 0) is 6.54 Å². The molecule has 0 fully saturated rings. The predicted molar refractivity (Wildman–Crippen MR) is 81.0 cm³/mol. The van der Waals surface area contributed by atoms with E-state index in [1.54, 1.807) is 12.1 Å². The van der Waals surface area contributed by atoms with Gasteiger partial charge in [0, 0.05) is 5.69 Å². The third-order valence-corrected chi connectivity index (χ3v) is 3.94. The molecule has 0 radical (unpaired) electrons. The molecule has 0 saturated carbocycles. The van der Waals surface area contributed by atoms with Crippen molar-refractivity contribution < 1.29 is 9.59 Å². The van der Waals surface area contributed by atoms with Crippen LogP contribution in [0.2, 0.25) is 0 Å². The molecule has 106 valence electrons. The minimum Gasteiger partial charge on any atom is -0.399 e. The van der Waals surface area contributed by atoms with Crippen molar-refractivity contribution in [3.8, 4) is 0 Å². The van der Waals surface area contributed by atoms with Crippen LogP contribution in [0.15, 0.2) is 36.4 Å². The lowest BCUT2D eigenvalue weighted by atomic mass is 10.1. The number of rotatable bonds is 2. The number of carbonyl (C=O) groups is 2. The molecule has 0 aromatic heterocycles. The highest BCUT2D eigenvalue weighted by molar-refractivity contribution is 6.21. The number of benzene rings is 2. The molecular formula is C17H16N2O2. The van der Waals surface area contributed by atoms with Gasteiger partial charge in [0.15, 0.2) is 0 Å². The highest BCUT2D eigenvalue weighted by Crippen LogP contribution is 2.27. The number of amides is 2. The van der Waals surface area contributed by atoms with Gasteiger partial charge in [-0.05, 0) is 43.2 Å². The summed E-state index contributed by atoms with van der Waals surface area (Å²) in [5.74, 6) is -0.475. The molecular weight excluding hydrogens is 264 g/mol. The molecule has 2 aromatic carbocycles. The maximum absolute atomic E-state index is 12.4. The number of carbonyl (C=O) groups excluding carboxylic acids is 2. The molecule has 2 aromatic rings. The van der Waals surface area contributed by atoms with Crippen LogP contribution < -0.4 is 5.73 Å². The van der Waals surface area contributed by atoms with Crippen molar-refractivity contribution in [2.45, 2.75) is 20.4 Å². The van der Waals surface area contributed by atoms with E-state index in [9.17, 15) is 9.59 Å². The molecule has 0 saturated heterocycles. The van der Waals surface area contributed by atoms with Gasteiger partial charge in [0.2, 0.25) is 0 Å². The maximum Gasteiger partial charge on any atom is 0.261 e. The first-order chi connectivity index (χ1) is 9.99. The average molecular weight is 280 g/mol. The van der Waals surface area contributed by atoms with Crippen LogP contribution in [0.25, 0.3) is 0 Å². The molecule has 1 heterocycles. The molecule has 0 spiro atoms. The molecule has 4 nitrogen and oxygen atoms in total. The van der Waals surface area contributed by atoms with Gasteiger partial charge in [-0.15, -0.1) is 0 Å². The summed E-state index contributed by atoms with van der Waals surface area (Å²) in [4.78, 5) is 26.1. The van der Waals surface area contributed by atoms with Crippen molar-refractivity contribution in [3.05, 3.63) is 64.2 Å². The lowest BCUT2D eigenvalue weighted by Crippen LogP contribution is -2.29. The Bertz CT molecular complexity index is 765. The topological polar surface area (TPSA) is 63.4 Å². The minimum atomic E-state index is -0.239. The van der Waals surface area contributed by atoms with E-state index >= 15 is 0 Å². The van der Waals surface area contributed by atoms with Crippen molar-refractivity contribution in [1.82, 2.24) is 4.90 Å². The van der Waals surface area contributed by atoms with Crippen LogP contribution in [0.5, 0.6) is 0 Å². The van der Waals surface area contributed by atoms with Gasteiger partial charge in [0.1, 0.15) is 0 Å². The Kier molecular flexibility index (Phi) is 3.01. The first-order valence-electron chi connectivity index (χ1n) is 6.80. The molecule has 4 heteroatoms. The zero-order valence-corrected chi connectivity index (χ0v) is 12.0. The van der Waals surface area contributed by atoms with Gasteiger partial charge >= 0.3 is 0 Å². The largest absolute Gasteiger partial charge is 0.399 e. The number of fused-ring (bicyclic) bond motifs is 1. The summed E-state index contributed by atoms with van der Waals surface area (Å²) in [5.41, 5.74) is 10.3. The predicted octanol–water partition coefficient (Wildman–Crippen LogP) is 2.68. The van der Waals surface area contributed by atoms with Crippen LogP contribution in [0, 0.1) is 13.8 Å². The molecule has 21 heavy (non-hydrogen) atoms. The van der Waals surface area contributed by atoms with E-state index in [2.05, 4.69) is 0 Å². The van der Waals surface area contributed by atoms with E-state index in [0.717, 1.165) is 16.7 Å². The molecule has 1 aliphatic rings. The summed E-state index contributed by atoms with van der Waals surface area (Å²) in [6, 6.07) is 10.9. The fourth-order valence-electron chi connectivity index (χ4n) is 2.59. The van der Waals surface area contributed by atoms with Crippen molar-refractivity contribution in [1.29, 1.82) is 0 Å². The normalized spacial score (nSPS) is 13.7. The van der Waals surface area contributed by atoms with Crippen molar-refractivity contribution in [2.24, 2.45) is 0 Å². The summed E-state index contributed by atoms with van der Waals surface area (Å²) >= 11 is 0. The minimum absolute atomic E-state index is 0.236. The Hall–Kier alpha value is -2.62. The molecule has 0 atom stereocenters. The van der Waals surface area contributed by atoms with Crippen molar-refractivity contribution >= 4 is 17.5 Å². The lowest BCUT2D eigenvalue weighted by Gasteiger charge is -2.16. The summed E-state index contributed by atoms with van der Waals surface area (Å²) in [7, 11) is 0. The van der Waals surface area contributed by atoms with Crippen LogP contribution in [0.1, 0.15) is 37.4 Å². The molecule has 0 aliphatic carbocycles. The van der Waals surface area contributed by atoms with Gasteiger partial charge in [-0.2, -0.15) is 0 Å². The van der Waals surface area contributed by atoms with Crippen LogP contribution in [-0.4, -0.2) is 16.7 Å². The standard InChI is InChI=1S/C17H16N2O2/c1-10-6-7-13-14(8-10)17(21)19(16(13)20)9-12-4-3-5-15(18)11(12)2/h3-8H,9,18H2,1-2H3. The maximum atomic E-state index is 12.4. The molecule has 0 bridgehead atoms. The third kappa shape index (κ3) is 2.09. The summed E-state index contributed by atoms with van der Waals surface area (Å²) in [5, 5.41) is 0. The first kappa shape index (κ1) is 13.4. The highest BCUT2D eigenvalue weighted by Gasteiger charge is 2.35. The Morgan fingerprint density at radius 1 is 1.00 bits per heavy atom. The Balaban J connectivity index is 1.97. The van der Waals surface area contributed by atoms with Gasteiger partial charge in [-0.3, -0.25) is 14.5 Å². The van der Waals surface area contributed by atoms with E-state index < -0.39 is 0 Å². The molecule has 2 N–H and O–H groups in total.